The number of amides is 1. The molecule has 6 heteroatoms. The first kappa shape index (κ1) is 17.4. The fourth-order valence-electron chi connectivity index (χ4n) is 2.44. The molecule has 0 radical (unpaired) electrons. The Morgan fingerprint density at radius 3 is 2.42 bits per heavy atom. The van der Waals surface area contributed by atoms with E-state index in [2.05, 4.69) is 20.8 Å². The van der Waals surface area contributed by atoms with Gasteiger partial charge in [0.15, 0.2) is 5.82 Å². The maximum Gasteiger partial charge on any atom is 0.255 e. The first-order valence-electron chi connectivity index (χ1n) is 8.26. The molecule has 2 aromatic carbocycles. The number of hydrogen-bond donors (Lipinski definition) is 2. The molecule has 0 aliphatic rings. The van der Waals surface area contributed by atoms with E-state index in [9.17, 15) is 4.79 Å². The second-order valence-electron chi connectivity index (χ2n) is 6.22. The third-order valence-corrected chi connectivity index (χ3v) is 3.85. The minimum Gasteiger partial charge on any atom is -0.376 e. The lowest BCUT2D eigenvalue weighted by molar-refractivity contribution is 0.102. The second kappa shape index (κ2) is 7.65. The van der Waals surface area contributed by atoms with Crippen molar-refractivity contribution in [2.75, 3.05) is 29.6 Å². The van der Waals surface area contributed by atoms with Crippen LogP contribution in [0.4, 0.5) is 22.9 Å². The highest BCUT2D eigenvalue weighted by Gasteiger charge is 2.06. The molecule has 0 bridgehead atoms. The predicted molar refractivity (Wildman–Crippen MR) is 105 cm³/mol. The van der Waals surface area contributed by atoms with Crippen LogP contribution in [-0.2, 0) is 0 Å². The van der Waals surface area contributed by atoms with Gasteiger partial charge in [0.05, 0.1) is 11.9 Å². The number of anilines is 4. The van der Waals surface area contributed by atoms with E-state index in [-0.39, 0.29) is 5.91 Å². The fourth-order valence-corrected chi connectivity index (χ4v) is 2.44. The number of carbonyl (C=O) groups excluding carboxylic acids is 1. The van der Waals surface area contributed by atoms with Gasteiger partial charge in [-0.05, 0) is 43.3 Å². The number of aromatic nitrogens is 2. The second-order valence-corrected chi connectivity index (χ2v) is 6.22. The molecule has 0 saturated heterocycles. The molecule has 0 atom stereocenters. The molecule has 0 unspecified atom stereocenters. The molecular weight excluding hydrogens is 326 g/mol. The molecule has 3 aromatic rings. The van der Waals surface area contributed by atoms with Crippen LogP contribution in [0.15, 0.2) is 60.8 Å². The average Bonchev–Trinajstić information content (AvgIpc) is 2.63. The minimum absolute atomic E-state index is 0.126. The van der Waals surface area contributed by atoms with Crippen LogP contribution in [0.5, 0.6) is 0 Å². The zero-order valence-electron chi connectivity index (χ0n) is 15.0. The third-order valence-electron chi connectivity index (χ3n) is 3.85. The molecule has 3 rings (SSSR count). The smallest absolute Gasteiger partial charge is 0.255 e. The van der Waals surface area contributed by atoms with Crippen molar-refractivity contribution in [3.63, 3.8) is 0 Å². The van der Waals surface area contributed by atoms with Crippen molar-refractivity contribution in [1.82, 2.24) is 10.2 Å². The van der Waals surface area contributed by atoms with Gasteiger partial charge in [0, 0.05) is 37.1 Å². The molecule has 0 spiro atoms. The highest BCUT2D eigenvalue weighted by atomic mass is 16.1. The van der Waals surface area contributed by atoms with Crippen molar-refractivity contribution in [2.24, 2.45) is 0 Å². The highest BCUT2D eigenvalue weighted by molar-refractivity contribution is 6.04. The van der Waals surface area contributed by atoms with Gasteiger partial charge in [0.1, 0.15) is 0 Å². The molecule has 0 aliphatic carbocycles. The topological polar surface area (TPSA) is 70.2 Å². The zero-order chi connectivity index (χ0) is 18.5. The predicted octanol–water partition coefficient (Wildman–Crippen LogP) is 3.85. The van der Waals surface area contributed by atoms with E-state index >= 15 is 0 Å². The number of rotatable bonds is 5. The van der Waals surface area contributed by atoms with E-state index in [0.717, 1.165) is 22.6 Å². The van der Waals surface area contributed by atoms with Crippen LogP contribution in [0.25, 0.3) is 0 Å². The molecule has 6 nitrogen and oxygen atoms in total. The molecule has 26 heavy (non-hydrogen) atoms. The van der Waals surface area contributed by atoms with Gasteiger partial charge in [0.2, 0.25) is 0 Å². The van der Waals surface area contributed by atoms with Crippen molar-refractivity contribution in [1.29, 1.82) is 0 Å². The summed E-state index contributed by atoms with van der Waals surface area (Å²) < 4.78 is 0. The molecule has 1 heterocycles. The van der Waals surface area contributed by atoms with Crippen LogP contribution in [0.2, 0.25) is 0 Å². The van der Waals surface area contributed by atoms with Crippen LogP contribution in [-0.4, -0.2) is 30.2 Å². The zero-order valence-corrected chi connectivity index (χ0v) is 15.0. The van der Waals surface area contributed by atoms with Crippen molar-refractivity contribution in [3.05, 3.63) is 71.9 Å². The normalized spacial score (nSPS) is 10.3. The number of benzene rings is 2. The van der Waals surface area contributed by atoms with E-state index in [1.54, 1.807) is 12.3 Å². The molecule has 2 N–H and O–H groups in total. The largest absolute Gasteiger partial charge is 0.376 e. The van der Waals surface area contributed by atoms with Crippen LogP contribution in [0.1, 0.15) is 15.9 Å². The first-order valence-corrected chi connectivity index (χ1v) is 8.26. The molecule has 0 saturated carbocycles. The van der Waals surface area contributed by atoms with Crippen molar-refractivity contribution < 1.29 is 4.79 Å². The minimum atomic E-state index is -0.126. The van der Waals surface area contributed by atoms with Gasteiger partial charge < -0.3 is 15.5 Å². The maximum absolute atomic E-state index is 12.3. The third kappa shape index (κ3) is 4.36. The van der Waals surface area contributed by atoms with E-state index in [4.69, 9.17) is 0 Å². The molecule has 0 fully saturated rings. The number of hydrogen-bond acceptors (Lipinski definition) is 5. The van der Waals surface area contributed by atoms with E-state index in [1.807, 2.05) is 74.4 Å². The number of nitrogens with zero attached hydrogens (tertiary/aromatic N) is 3. The Bertz CT molecular complexity index is 906. The lowest BCUT2D eigenvalue weighted by Gasteiger charge is -2.13. The standard InChI is InChI=1S/C20H21N5O/c1-14-5-4-6-15(11-14)20(26)23-17-9-7-16(8-10-17)22-19-12-18(25(2)3)13-21-24-19/h4-13H,1-3H3,(H,22,24)(H,23,26). The Kier molecular flexibility index (Phi) is 5.12. The summed E-state index contributed by atoms with van der Waals surface area (Å²) in [6, 6.07) is 16.9. The Morgan fingerprint density at radius 1 is 1.00 bits per heavy atom. The van der Waals surface area contributed by atoms with Crippen LogP contribution < -0.4 is 15.5 Å². The lowest BCUT2D eigenvalue weighted by atomic mass is 10.1. The average molecular weight is 347 g/mol. The molecule has 0 aliphatic heterocycles. The Hall–Kier alpha value is -3.41. The van der Waals surface area contributed by atoms with Gasteiger partial charge in [-0.3, -0.25) is 4.79 Å². The summed E-state index contributed by atoms with van der Waals surface area (Å²) in [7, 11) is 3.90. The SMILES string of the molecule is Cc1cccc(C(=O)Nc2ccc(Nc3cc(N(C)C)cnn3)cc2)c1. The summed E-state index contributed by atoms with van der Waals surface area (Å²) in [5.41, 5.74) is 4.25. The van der Waals surface area contributed by atoms with Crippen LogP contribution in [0, 0.1) is 6.92 Å². The summed E-state index contributed by atoms with van der Waals surface area (Å²) >= 11 is 0. The van der Waals surface area contributed by atoms with Crippen LogP contribution in [0.3, 0.4) is 0 Å². The van der Waals surface area contributed by atoms with Gasteiger partial charge in [-0.25, -0.2) is 0 Å². The number of nitrogens with one attached hydrogen (secondary N) is 2. The molecule has 1 aromatic heterocycles. The van der Waals surface area contributed by atoms with Crippen molar-refractivity contribution in [2.45, 2.75) is 6.92 Å². The van der Waals surface area contributed by atoms with Gasteiger partial charge in [-0.1, -0.05) is 17.7 Å². The summed E-state index contributed by atoms with van der Waals surface area (Å²) in [6.07, 6.45) is 1.70. The number of carbonyl (C=O) groups is 1. The van der Waals surface area contributed by atoms with Crippen molar-refractivity contribution in [3.8, 4) is 0 Å². The summed E-state index contributed by atoms with van der Waals surface area (Å²) in [4.78, 5) is 14.3. The fraction of sp³-hybridized carbons (Fsp3) is 0.150. The number of aryl methyl sites for hydroxylation is 1. The Morgan fingerprint density at radius 2 is 1.73 bits per heavy atom. The quantitative estimate of drug-likeness (QED) is 0.734. The Labute approximate surface area is 152 Å². The van der Waals surface area contributed by atoms with Gasteiger partial charge in [0.25, 0.3) is 5.91 Å². The van der Waals surface area contributed by atoms with Gasteiger partial charge in [-0.15, -0.1) is 5.10 Å². The van der Waals surface area contributed by atoms with Gasteiger partial charge in [-0.2, -0.15) is 5.10 Å². The summed E-state index contributed by atoms with van der Waals surface area (Å²) in [5.74, 6) is 0.534. The lowest BCUT2D eigenvalue weighted by Crippen LogP contribution is -2.12. The molecule has 1 amide bonds. The van der Waals surface area contributed by atoms with Gasteiger partial charge >= 0.3 is 0 Å². The highest BCUT2D eigenvalue weighted by Crippen LogP contribution is 2.20. The van der Waals surface area contributed by atoms with E-state index < -0.39 is 0 Å². The van der Waals surface area contributed by atoms with Crippen LogP contribution >= 0.6 is 0 Å². The monoisotopic (exact) mass is 347 g/mol. The molecule has 132 valence electrons. The summed E-state index contributed by atoms with van der Waals surface area (Å²) in [5, 5.41) is 14.2. The maximum atomic E-state index is 12.3. The van der Waals surface area contributed by atoms with E-state index in [0.29, 0.717) is 11.4 Å². The van der Waals surface area contributed by atoms with E-state index in [1.165, 1.54) is 0 Å². The summed E-state index contributed by atoms with van der Waals surface area (Å²) in [6.45, 7) is 1.96. The Balaban J connectivity index is 1.67. The van der Waals surface area contributed by atoms with Crippen molar-refractivity contribution >= 4 is 28.8 Å². The molecular formula is C20H21N5O. The first-order chi connectivity index (χ1) is 12.5.